The lowest BCUT2D eigenvalue weighted by molar-refractivity contribution is 0.277. The summed E-state index contributed by atoms with van der Waals surface area (Å²) in [6.07, 6.45) is 0. The van der Waals surface area contributed by atoms with E-state index in [0.29, 0.717) is 5.69 Å². The van der Waals surface area contributed by atoms with Gasteiger partial charge in [-0.15, -0.1) is 0 Å². The summed E-state index contributed by atoms with van der Waals surface area (Å²) < 4.78 is 1.04. The first-order valence-corrected chi connectivity index (χ1v) is 4.75. The molecule has 2 aromatic rings. The van der Waals surface area contributed by atoms with Gasteiger partial charge in [0.25, 0.3) is 0 Å². The predicted molar refractivity (Wildman–Crippen MR) is 55.4 cm³/mol. The van der Waals surface area contributed by atoms with Gasteiger partial charge in [-0.25, -0.2) is 0 Å². The molecule has 1 N–H and O–H groups in total. The largest absolute Gasteiger partial charge is 0.390 e. The van der Waals surface area contributed by atoms with Crippen LogP contribution in [0.5, 0.6) is 0 Å². The average Bonchev–Trinajstić information content (AvgIpc) is 2.17. The fraction of sp³-hybridized carbons (Fsp3) is 0.100. The number of hydrogen-bond donors (Lipinski definition) is 1. The molecule has 2 rings (SSSR count). The zero-order chi connectivity index (χ0) is 9.26. The van der Waals surface area contributed by atoms with Crippen molar-refractivity contribution < 1.29 is 5.11 Å². The van der Waals surface area contributed by atoms with Crippen molar-refractivity contribution in [1.82, 2.24) is 4.98 Å². The van der Waals surface area contributed by atoms with Crippen LogP contribution in [0.2, 0.25) is 0 Å². The molecular formula is C10H8BrNO. The normalized spacial score (nSPS) is 10.6. The Balaban J connectivity index is 2.66. The van der Waals surface area contributed by atoms with E-state index in [-0.39, 0.29) is 6.61 Å². The number of nitrogens with zero attached hydrogens (tertiary/aromatic N) is 1. The minimum Gasteiger partial charge on any atom is -0.390 e. The van der Waals surface area contributed by atoms with E-state index in [9.17, 15) is 0 Å². The van der Waals surface area contributed by atoms with Crippen molar-refractivity contribution in [2.75, 3.05) is 0 Å². The minimum absolute atomic E-state index is 0.00793. The highest BCUT2D eigenvalue weighted by Gasteiger charge is 1.97. The molecule has 0 fully saturated rings. The number of benzene rings is 1. The predicted octanol–water partition coefficient (Wildman–Crippen LogP) is 2.49. The summed E-state index contributed by atoms with van der Waals surface area (Å²) in [5.41, 5.74) is 1.62. The molecule has 0 spiro atoms. The molecule has 0 amide bonds. The van der Waals surface area contributed by atoms with Crippen LogP contribution >= 0.6 is 15.9 Å². The van der Waals surface area contributed by atoms with Gasteiger partial charge < -0.3 is 5.11 Å². The number of aliphatic hydroxyl groups excluding tert-OH is 1. The Bertz CT molecular complexity index is 442. The monoisotopic (exact) mass is 237 g/mol. The van der Waals surface area contributed by atoms with Crippen LogP contribution in [-0.2, 0) is 6.61 Å². The SMILES string of the molecule is OCc1ccc2cc(Br)ccc2n1. The Morgan fingerprint density at radius 1 is 1.23 bits per heavy atom. The van der Waals surface area contributed by atoms with Crippen molar-refractivity contribution in [3.63, 3.8) is 0 Å². The number of rotatable bonds is 1. The molecule has 0 bridgehead atoms. The summed E-state index contributed by atoms with van der Waals surface area (Å²) >= 11 is 3.39. The van der Waals surface area contributed by atoms with Crippen LogP contribution in [-0.4, -0.2) is 10.1 Å². The molecule has 0 unspecified atom stereocenters. The van der Waals surface area contributed by atoms with Crippen LogP contribution in [0, 0.1) is 0 Å². The summed E-state index contributed by atoms with van der Waals surface area (Å²) in [6.45, 7) is -0.00793. The molecule has 0 saturated carbocycles. The highest BCUT2D eigenvalue weighted by molar-refractivity contribution is 9.10. The number of halogens is 1. The molecule has 2 nitrogen and oxygen atoms in total. The third kappa shape index (κ3) is 1.71. The van der Waals surface area contributed by atoms with Crippen molar-refractivity contribution in [3.05, 3.63) is 40.5 Å². The number of hydrogen-bond acceptors (Lipinski definition) is 2. The Hall–Kier alpha value is -0.930. The quantitative estimate of drug-likeness (QED) is 0.827. The summed E-state index contributed by atoms with van der Waals surface area (Å²) in [7, 11) is 0. The van der Waals surface area contributed by atoms with Gasteiger partial charge in [-0.05, 0) is 24.3 Å². The van der Waals surface area contributed by atoms with Gasteiger partial charge in [0.05, 0.1) is 17.8 Å². The molecule has 0 aliphatic heterocycles. The van der Waals surface area contributed by atoms with Gasteiger partial charge in [0.15, 0.2) is 0 Å². The van der Waals surface area contributed by atoms with E-state index in [1.807, 2.05) is 30.3 Å². The molecule has 3 heteroatoms. The van der Waals surface area contributed by atoms with Crippen molar-refractivity contribution in [2.45, 2.75) is 6.61 Å². The van der Waals surface area contributed by atoms with E-state index < -0.39 is 0 Å². The standard InChI is InChI=1S/C10H8BrNO/c11-8-2-4-10-7(5-8)1-3-9(6-13)12-10/h1-5,13H,6H2. The molecule has 0 aliphatic carbocycles. The Labute approximate surface area is 84.4 Å². The Morgan fingerprint density at radius 2 is 2.08 bits per heavy atom. The van der Waals surface area contributed by atoms with E-state index in [0.717, 1.165) is 15.4 Å². The van der Waals surface area contributed by atoms with Crippen LogP contribution in [0.15, 0.2) is 34.8 Å². The fourth-order valence-corrected chi connectivity index (χ4v) is 1.61. The van der Waals surface area contributed by atoms with E-state index in [1.165, 1.54) is 0 Å². The van der Waals surface area contributed by atoms with Crippen LogP contribution < -0.4 is 0 Å². The van der Waals surface area contributed by atoms with Crippen molar-refractivity contribution in [1.29, 1.82) is 0 Å². The maximum absolute atomic E-state index is 8.88. The topological polar surface area (TPSA) is 33.1 Å². The zero-order valence-electron chi connectivity index (χ0n) is 6.87. The third-order valence-corrected chi connectivity index (χ3v) is 2.36. The molecule has 13 heavy (non-hydrogen) atoms. The highest BCUT2D eigenvalue weighted by Crippen LogP contribution is 2.18. The van der Waals surface area contributed by atoms with Crippen molar-refractivity contribution >= 4 is 26.8 Å². The molecule has 1 heterocycles. The van der Waals surface area contributed by atoms with E-state index in [1.54, 1.807) is 0 Å². The lowest BCUT2D eigenvalue weighted by Crippen LogP contribution is -1.88. The number of pyridine rings is 1. The summed E-state index contributed by atoms with van der Waals surface area (Å²) in [6, 6.07) is 9.66. The molecule has 0 aliphatic rings. The van der Waals surface area contributed by atoms with Crippen LogP contribution in [0.4, 0.5) is 0 Å². The van der Waals surface area contributed by atoms with Gasteiger partial charge in [-0.3, -0.25) is 4.98 Å². The molecule has 0 atom stereocenters. The highest BCUT2D eigenvalue weighted by atomic mass is 79.9. The molecule has 0 radical (unpaired) electrons. The second-order valence-corrected chi connectivity index (χ2v) is 3.71. The van der Waals surface area contributed by atoms with E-state index >= 15 is 0 Å². The smallest absolute Gasteiger partial charge is 0.0853 e. The second kappa shape index (κ2) is 3.44. The molecule has 1 aromatic carbocycles. The number of aromatic nitrogens is 1. The van der Waals surface area contributed by atoms with Gasteiger partial charge in [0.1, 0.15) is 0 Å². The van der Waals surface area contributed by atoms with E-state index in [2.05, 4.69) is 20.9 Å². The third-order valence-electron chi connectivity index (χ3n) is 1.87. The molecule has 1 aromatic heterocycles. The maximum Gasteiger partial charge on any atom is 0.0853 e. The summed E-state index contributed by atoms with van der Waals surface area (Å²) in [4.78, 5) is 4.26. The molecular weight excluding hydrogens is 230 g/mol. The van der Waals surface area contributed by atoms with Crippen molar-refractivity contribution in [3.8, 4) is 0 Å². The van der Waals surface area contributed by atoms with Crippen LogP contribution in [0.1, 0.15) is 5.69 Å². The summed E-state index contributed by atoms with van der Waals surface area (Å²) in [5, 5.41) is 9.96. The lowest BCUT2D eigenvalue weighted by atomic mass is 10.2. The van der Waals surface area contributed by atoms with E-state index in [4.69, 9.17) is 5.11 Å². The first-order valence-electron chi connectivity index (χ1n) is 3.95. The van der Waals surface area contributed by atoms with Gasteiger partial charge in [0.2, 0.25) is 0 Å². The van der Waals surface area contributed by atoms with Gasteiger partial charge in [0, 0.05) is 9.86 Å². The van der Waals surface area contributed by atoms with Gasteiger partial charge in [-0.1, -0.05) is 22.0 Å². The second-order valence-electron chi connectivity index (χ2n) is 2.80. The van der Waals surface area contributed by atoms with Crippen LogP contribution in [0.3, 0.4) is 0 Å². The fourth-order valence-electron chi connectivity index (χ4n) is 1.23. The number of aliphatic hydroxyl groups is 1. The van der Waals surface area contributed by atoms with Crippen LogP contribution in [0.25, 0.3) is 10.9 Å². The molecule has 0 saturated heterocycles. The van der Waals surface area contributed by atoms with Crippen molar-refractivity contribution in [2.24, 2.45) is 0 Å². The Morgan fingerprint density at radius 3 is 2.85 bits per heavy atom. The summed E-state index contributed by atoms with van der Waals surface area (Å²) in [5.74, 6) is 0. The Kier molecular flexibility index (Phi) is 2.29. The first-order chi connectivity index (χ1) is 6.29. The number of fused-ring (bicyclic) bond motifs is 1. The molecule has 66 valence electrons. The lowest BCUT2D eigenvalue weighted by Gasteiger charge is -1.99. The maximum atomic E-state index is 8.88. The average molecular weight is 238 g/mol. The first kappa shape index (κ1) is 8.66. The van der Waals surface area contributed by atoms with Gasteiger partial charge >= 0.3 is 0 Å². The zero-order valence-corrected chi connectivity index (χ0v) is 8.45. The minimum atomic E-state index is -0.00793. The van der Waals surface area contributed by atoms with Gasteiger partial charge in [-0.2, -0.15) is 0 Å².